The van der Waals surface area contributed by atoms with Gasteiger partial charge in [0.1, 0.15) is 12.2 Å². The predicted octanol–water partition coefficient (Wildman–Crippen LogP) is 4.38. The zero-order valence-corrected chi connectivity index (χ0v) is 12.7. The molecular formula is C18H24N+. The topological polar surface area (TPSA) is 0 Å². The van der Waals surface area contributed by atoms with Crippen LogP contribution >= 0.6 is 0 Å². The molecule has 0 saturated carbocycles. The lowest BCUT2D eigenvalue weighted by Gasteiger charge is -2.29. The molecular weight excluding hydrogens is 230 g/mol. The highest BCUT2D eigenvalue weighted by Crippen LogP contribution is 2.23. The molecule has 0 atom stereocenters. The molecule has 0 saturated heterocycles. The first kappa shape index (κ1) is 13.8. The SMILES string of the molecule is Cc1cc(C[N+](C)(C)c2ccccc2)cc(C)c1C. The molecule has 0 fully saturated rings. The zero-order valence-electron chi connectivity index (χ0n) is 12.7. The van der Waals surface area contributed by atoms with Crippen LogP contribution in [0.5, 0.6) is 0 Å². The Bertz CT molecular complexity index is 544. The van der Waals surface area contributed by atoms with Gasteiger partial charge in [-0.2, -0.15) is 0 Å². The van der Waals surface area contributed by atoms with E-state index in [4.69, 9.17) is 0 Å². The van der Waals surface area contributed by atoms with Crippen molar-refractivity contribution in [2.75, 3.05) is 14.1 Å². The van der Waals surface area contributed by atoms with Crippen LogP contribution in [0.4, 0.5) is 5.69 Å². The standard InChI is InChI=1S/C18H24N/c1-14-11-17(12-15(2)16(14)3)13-19(4,5)18-9-7-6-8-10-18/h6-12H,13H2,1-5H3/q+1. The third kappa shape index (κ3) is 3.05. The Morgan fingerprint density at radius 1 is 0.842 bits per heavy atom. The minimum Gasteiger partial charge on any atom is -0.292 e. The quantitative estimate of drug-likeness (QED) is 0.713. The molecule has 1 heteroatoms. The molecule has 0 aliphatic rings. The van der Waals surface area contributed by atoms with Crippen molar-refractivity contribution in [1.29, 1.82) is 0 Å². The van der Waals surface area contributed by atoms with Gasteiger partial charge in [0.25, 0.3) is 0 Å². The van der Waals surface area contributed by atoms with Gasteiger partial charge in [-0.25, -0.2) is 0 Å². The maximum atomic E-state index is 2.32. The number of para-hydroxylation sites is 1. The summed E-state index contributed by atoms with van der Waals surface area (Å²) in [6.07, 6.45) is 0. The highest BCUT2D eigenvalue weighted by Gasteiger charge is 2.19. The lowest BCUT2D eigenvalue weighted by molar-refractivity contribution is 0.391. The summed E-state index contributed by atoms with van der Waals surface area (Å²) in [5, 5.41) is 0. The van der Waals surface area contributed by atoms with Crippen molar-refractivity contribution in [2.45, 2.75) is 27.3 Å². The summed E-state index contributed by atoms with van der Waals surface area (Å²) >= 11 is 0. The molecule has 0 spiro atoms. The van der Waals surface area contributed by atoms with Crippen LogP contribution in [0.1, 0.15) is 22.3 Å². The summed E-state index contributed by atoms with van der Waals surface area (Å²) in [5.74, 6) is 0. The van der Waals surface area contributed by atoms with Crippen LogP contribution in [0.25, 0.3) is 0 Å². The third-order valence-electron chi connectivity index (χ3n) is 4.02. The first-order valence-corrected chi connectivity index (χ1v) is 6.85. The van der Waals surface area contributed by atoms with Crippen molar-refractivity contribution in [3.63, 3.8) is 0 Å². The van der Waals surface area contributed by atoms with Crippen LogP contribution in [0, 0.1) is 20.8 Å². The van der Waals surface area contributed by atoms with Gasteiger partial charge in [0.05, 0.1) is 14.1 Å². The number of nitrogens with zero attached hydrogens (tertiary/aromatic N) is 1. The third-order valence-corrected chi connectivity index (χ3v) is 4.02. The van der Waals surface area contributed by atoms with Crippen LogP contribution < -0.4 is 4.48 Å². The molecule has 0 bridgehead atoms. The van der Waals surface area contributed by atoms with Crippen molar-refractivity contribution < 1.29 is 0 Å². The molecule has 2 aromatic rings. The number of quaternary nitrogens is 1. The Kier molecular flexibility index (Phi) is 3.77. The average molecular weight is 254 g/mol. The first-order valence-electron chi connectivity index (χ1n) is 6.85. The lowest BCUT2D eigenvalue weighted by atomic mass is 10.00. The Morgan fingerprint density at radius 2 is 1.37 bits per heavy atom. The van der Waals surface area contributed by atoms with E-state index in [1.165, 1.54) is 27.9 Å². The van der Waals surface area contributed by atoms with E-state index in [2.05, 4.69) is 77.3 Å². The highest BCUT2D eigenvalue weighted by atomic mass is 15.3. The van der Waals surface area contributed by atoms with Gasteiger partial charge in [-0.05, 0) is 49.6 Å². The fourth-order valence-corrected chi connectivity index (χ4v) is 2.60. The maximum absolute atomic E-state index is 2.32. The molecule has 0 unspecified atom stereocenters. The van der Waals surface area contributed by atoms with Crippen LogP contribution in [0.15, 0.2) is 42.5 Å². The van der Waals surface area contributed by atoms with Crippen molar-refractivity contribution >= 4 is 5.69 Å². The van der Waals surface area contributed by atoms with Gasteiger partial charge in [-0.15, -0.1) is 0 Å². The molecule has 0 aliphatic carbocycles. The van der Waals surface area contributed by atoms with Gasteiger partial charge in [0.2, 0.25) is 0 Å². The number of hydrogen-bond acceptors (Lipinski definition) is 0. The predicted molar refractivity (Wildman–Crippen MR) is 84.4 cm³/mol. The fraction of sp³-hybridized carbons (Fsp3) is 0.333. The molecule has 2 aromatic carbocycles. The van der Waals surface area contributed by atoms with Gasteiger partial charge in [-0.1, -0.05) is 30.3 Å². The Labute approximate surface area is 117 Å². The summed E-state index contributed by atoms with van der Waals surface area (Å²) < 4.78 is 0.878. The van der Waals surface area contributed by atoms with E-state index in [0.29, 0.717) is 0 Å². The van der Waals surface area contributed by atoms with E-state index in [1.54, 1.807) is 0 Å². The van der Waals surface area contributed by atoms with Crippen LogP contribution in [0.3, 0.4) is 0 Å². The van der Waals surface area contributed by atoms with Crippen molar-refractivity contribution in [3.8, 4) is 0 Å². The van der Waals surface area contributed by atoms with Gasteiger partial charge in [0, 0.05) is 5.56 Å². The van der Waals surface area contributed by atoms with E-state index in [9.17, 15) is 0 Å². The minimum absolute atomic E-state index is 0.878. The summed E-state index contributed by atoms with van der Waals surface area (Å²) in [6, 6.07) is 15.4. The monoisotopic (exact) mass is 254 g/mol. The molecule has 1 nitrogen and oxygen atoms in total. The van der Waals surface area contributed by atoms with E-state index in [-0.39, 0.29) is 0 Å². The molecule has 0 radical (unpaired) electrons. The minimum atomic E-state index is 0.878. The summed E-state index contributed by atoms with van der Waals surface area (Å²) in [5.41, 5.74) is 6.95. The second-order valence-electron chi connectivity index (χ2n) is 6.03. The normalized spacial score (nSPS) is 11.6. The molecule has 2 rings (SSSR count). The largest absolute Gasteiger partial charge is 0.292 e. The van der Waals surface area contributed by atoms with Crippen molar-refractivity contribution in [1.82, 2.24) is 4.48 Å². The second-order valence-corrected chi connectivity index (χ2v) is 6.03. The Hall–Kier alpha value is -1.60. The van der Waals surface area contributed by atoms with Crippen LogP contribution in [-0.2, 0) is 6.54 Å². The number of hydrogen-bond donors (Lipinski definition) is 0. The molecule has 0 heterocycles. The lowest BCUT2D eigenvalue weighted by Crippen LogP contribution is -2.39. The molecule has 19 heavy (non-hydrogen) atoms. The molecule has 0 amide bonds. The van der Waals surface area contributed by atoms with Crippen molar-refractivity contribution in [3.05, 3.63) is 64.7 Å². The zero-order chi connectivity index (χ0) is 14.0. The summed E-state index contributed by atoms with van der Waals surface area (Å²) in [7, 11) is 4.53. The molecule has 0 aliphatic heterocycles. The first-order chi connectivity index (χ1) is 8.90. The van der Waals surface area contributed by atoms with Crippen molar-refractivity contribution in [2.24, 2.45) is 0 Å². The maximum Gasteiger partial charge on any atom is 0.132 e. The average Bonchev–Trinajstić information content (AvgIpc) is 2.36. The summed E-state index contributed by atoms with van der Waals surface area (Å²) in [6.45, 7) is 7.63. The van der Waals surface area contributed by atoms with Crippen LogP contribution in [-0.4, -0.2) is 14.1 Å². The van der Waals surface area contributed by atoms with Gasteiger partial charge < -0.3 is 0 Å². The number of rotatable bonds is 3. The van der Waals surface area contributed by atoms with E-state index in [1.807, 2.05) is 0 Å². The number of benzene rings is 2. The Balaban J connectivity index is 2.31. The molecule has 0 N–H and O–H groups in total. The second kappa shape index (κ2) is 5.18. The summed E-state index contributed by atoms with van der Waals surface area (Å²) in [4.78, 5) is 0. The molecule has 0 aromatic heterocycles. The van der Waals surface area contributed by atoms with E-state index < -0.39 is 0 Å². The number of aryl methyl sites for hydroxylation is 2. The smallest absolute Gasteiger partial charge is 0.132 e. The highest BCUT2D eigenvalue weighted by molar-refractivity contribution is 5.43. The molecule has 100 valence electrons. The fourth-order valence-electron chi connectivity index (χ4n) is 2.60. The van der Waals surface area contributed by atoms with E-state index >= 15 is 0 Å². The van der Waals surface area contributed by atoms with Gasteiger partial charge in [-0.3, -0.25) is 4.48 Å². The Morgan fingerprint density at radius 3 is 1.89 bits per heavy atom. The van der Waals surface area contributed by atoms with E-state index in [0.717, 1.165) is 11.0 Å². The van der Waals surface area contributed by atoms with Gasteiger partial charge >= 0.3 is 0 Å². The van der Waals surface area contributed by atoms with Gasteiger partial charge in [0.15, 0.2) is 0 Å². The van der Waals surface area contributed by atoms with Crippen LogP contribution in [0.2, 0.25) is 0 Å².